The molecular weight excluding hydrogens is 232 g/mol. The minimum atomic E-state index is -0.650. The zero-order valence-corrected chi connectivity index (χ0v) is 10.6. The second-order valence-electron chi connectivity index (χ2n) is 4.70. The molecule has 1 atom stereocenters. The fourth-order valence-corrected chi connectivity index (χ4v) is 1.79. The van der Waals surface area contributed by atoms with Crippen LogP contribution >= 0.6 is 0 Å². The third-order valence-corrected chi connectivity index (χ3v) is 2.73. The summed E-state index contributed by atoms with van der Waals surface area (Å²) in [6.07, 6.45) is -0.650. The van der Waals surface area contributed by atoms with Crippen molar-refractivity contribution in [1.82, 2.24) is 5.32 Å². The van der Waals surface area contributed by atoms with Crippen molar-refractivity contribution in [3.63, 3.8) is 0 Å². The van der Waals surface area contributed by atoms with Gasteiger partial charge in [-0.2, -0.15) is 5.06 Å². The van der Waals surface area contributed by atoms with E-state index in [-0.39, 0.29) is 11.8 Å². The number of hydrogen-bond donors (Lipinski definition) is 1. The maximum atomic E-state index is 11.8. The smallest absolute Gasteiger partial charge is 0.273 e. The summed E-state index contributed by atoms with van der Waals surface area (Å²) >= 11 is 0. The lowest BCUT2D eigenvalue weighted by molar-refractivity contribution is -0.138. The Morgan fingerprint density at radius 1 is 1.33 bits per heavy atom. The van der Waals surface area contributed by atoms with Gasteiger partial charge in [0.25, 0.3) is 5.91 Å². The SMILES string of the molecule is Cc1cccc(N2OC(C(C)C)C(=O)NC2=O)c1. The Labute approximate surface area is 106 Å². The van der Waals surface area contributed by atoms with Crippen LogP contribution in [0.15, 0.2) is 24.3 Å². The van der Waals surface area contributed by atoms with Gasteiger partial charge in [0.2, 0.25) is 0 Å². The molecule has 0 spiro atoms. The summed E-state index contributed by atoms with van der Waals surface area (Å²) in [5.41, 5.74) is 1.63. The molecule has 1 saturated heterocycles. The van der Waals surface area contributed by atoms with Crippen LogP contribution < -0.4 is 10.4 Å². The molecule has 1 aliphatic rings. The Kier molecular flexibility index (Phi) is 3.34. The summed E-state index contributed by atoms with van der Waals surface area (Å²) in [7, 11) is 0. The first-order chi connectivity index (χ1) is 8.49. The zero-order valence-electron chi connectivity index (χ0n) is 10.6. The van der Waals surface area contributed by atoms with Crippen LogP contribution in [0.1, 0.15) is 19.4 Å². The highest BCUT2D eigenvalue weighted by Gasteiger charge is 2.36. The first kappa shape index (κ1) is 12.6. The molecule has 1 fully saturated rings. The fourth-order valence-electron chi connectivity index (χ4n) is 1.79. The molecule has 0 radical (unpaired) electrons. The average molecular weight is 248 g/mol. The number of rotatable bonds is 2. The van der Waals surface area contributed by atoms with E-state index in [1.165, 1.54) is 0 Å². The van der Waals surface area contributed by atoms with Crippen molar-refractivity contribution < 1.29 is 14.4 Å². The van der Waals surface area contributed by atoms with E-state index >= 15 is 0 Å². The van der Waals surface area contributed by atoms with E-state index in [4.69, 9.17) is 4.84 Å². The number of amides is 3. The third kappa shape index (κ3) is 2.36. The number of carbonyl (C=O) groups excluding carboxylic acids is 2. The average Bonchev–Trinajstić information content (AvgIpc) is 2.28. The van der Waals surface area contributed by atoms with Gasteiger partial charge in [-0.1, -0.05) is 26.0 Å². The molecule has 1 N–H and O–H groups in total. The molecule has 1 unspecified atom stereocenters. The third-order valence-electron chi connectivity index (χ3n) is 2.73. The van der Waals surface area contributed by atoms with Crippen molar-refractivity contribution in [2.24, 2.45) is 5.92 Å². The molecule has 1 heterocycles. The molecule has 5 nitrogen and oxygen atoms in total. The normalized spacial score (nSPS) is 20.2. The van der Waals surface area contributed by atoms with E-state index in [1.807, 2.05) is 39.0 Å². The van der Waals surface area contributed by atoms with Crippen LogP contribution in [-0.2, 0) is 9.63 Å². The Bertz CT molecular complexity index is 485. The Morgan fingerprint density at radius 2 is 2.06 bits per heavy atom. The van der Waals surface area contributed by atoms with E-state index < -0.39 is 12.1 Å². The van der Waals surface area contributed by atoms with Crippen molar-refractivity contribution in [1.29, 1.82) is 0 Å². The number of urea groups is 1. The van der Waals surface area contributed by atoms with Crippen molar-refractivity contribution in [2.75, 3.05) is 5.06 Å². The van der Waals surface area contributed by atoms with Crippen LogP contribution in [-0.4, -0.2) is 18.0 Å². The monoisotopic (exact) mass is 248 g/mol. The summed E-state index contributed by atoms with van der Waals surface area (Å²) in [6.45, 7) is 5.67. The van der Waals surface area contributed by atoms with Crippen molar-refractivity contribution in [2.45, 2.75) is 26.9 Å². The number of aryl methyl sites for hydroxylation is 1. The van der Waals surface area contributed by atoms with Crippen LogP contribution in [0.3, 0.4) is 0 Å². The second kappa shape index (κ2) is 4.78. The maximum Gasteiger partial charge on any atom is 0.352 e. The van der Waals surface area contributed by atoms with Gasteiger partial charge < -0.3 is 0 Å². The molecule has 1 aromatic rings. The molecule has 5 heteroatoms. The first-order valence-electron chi connectivity index (χ1n) is 5.87. The molecule has 1 aromatic carbocycles. The van der Waals surface area contributed by atoms with E-state index in [9.17, 15) is 9.59 Å². The number of hydrogen-bond acceptors (Lipinski definition) is 3. The van der Waals surface area contributed by atoms with Crippen molar-refractivity contribution in [3.8, 4) is 0 Å². The number of nitrogens with one attached hydrogen (secondary N) is 1. The van der Waals surface area contributed by atoms with Gasteiger partial charge in [-0.05, 0) is 30.5 Å². The van der Waals surface area contributed by atoms with Crippen LogP contribution in [0, 0.1) is 12.8 Å². The van der Waals surface area contributed by atoms with E-state index in [1.54, 1.807) is 6.07 Å². The highest BCUT2D eigenvalue weighted by atomic mass is 16.7. The predicted molar refractivity (Wildman–Crippen MR) is 66.9 cm³/mol. The number of hydroxylamine groups is 1. The molecule has 0 aromatic heterocycles. The summed E-state index contributed by atoms with van der Waals surface area (Å²) in [6, 6.07) is 6.80. The minimum Gasteiger partial charge on any atom is -0.273 e. The maximum absolute atomic E-state index is 11.8. The van der Waals surface area contributed by atoms with Crippen LogP contribution in [0.4, 0.5) is 10.5 Å². The quantitative estimate of drug-likeness (QED) is 0.871. The van der Waals surface area contributed by atoms with Gasteiger partial charge >= 0.3 is 6.03 Å². The molecule has 1 aliphatic heterocycles. The standard InChI is InChI=1S/C13H16N2O3/c1-8(2)11-12(16)14-13(17)15(18-11)10-6-4-5-9(3)7-10/h4-8,11H,1-3H3,(H,14,16,17). The van der Waals surface area contributed by atoms with E-state index in [0.717, 1.165) is 10.6 Å². The summed E-state index contributed by atoms with van der Waals surface area (Å²) in [5, 5.41) is 3.44. The summed E-state index contributed by atoms with van der Waals surface area (Å²) < 4.78 is 0. The van der Waals surface area contributed by atoms with Crippen LogP contribution in [0.25, 0.3) is 0 Å². The molecule has 0 aliphatic carbocycles. The van der Waals surface area contributed by atoms with Crippen molar-refractivity contribution >= 4 is 17.6 Å². The van der Waals surface area contributed by atoms with Crippen LogP contribution in [0.2, 0.25) is 0 Å². The van der Waals surface area contributed by atoms with Gasteiger partial charge in [0.15, 0.2) is 6.10 Å². The lowest BCUT2D eigenvalue weighted by Crippen LogP contribution is -2.57. The van der Waals surface area contributed by atoms with Crippen LogP contribution in [0.5, 0.6) is 0 Å². The first-order valence-corrected chi connectivity index (χ1v) is 5.87. The zero-order chi connectivity index (χ0) is 13.3. The largest absolute Gasteiger partial charge is 0.352 e. The lowest BCUT2D eigenvalue weighted by Gasteiger charge is -2.33. The highest BCUT2D eigenvalue weighted by Crippen LogP contribution is 2.22. The fraction of sp³-hybridized carbons (Fsp3) is 0.385. The summed E-state index contributed by atoms with van der Waals surface area (Å²) in [4.78, 5) is 28.8. The highest BCUT2D eigenvalue weighted by molar-refractivity contribution is 6.05. The van der Waals surface area contributed by atoms with Gasteiger partial charge in [-0.3, -0.25) is 14.9 Å². The number of benzene rings is 1. The molecule has 18 heavy (non-hydrogen) atoms. The number of anilines is 1. The molecular formula is C13H16N2O3. The Morgan fingerprint density at radius 3 is 2.67 bits per heavy atom. The van der Waals surface area contributed by atoms with Gasteiger partial charge in [0.1, 0.15) is 0 Å². The van der Waals surface area contributed by atoms with Gasteiger partial charge in [0, 0.05) is 0 Å². The van der Waals surface area contributed by atoms with E-state index in [0.29, 0.717) is 5.69 Å². The second-order valence-corrected chi connectivity index (χ2v) is 4.70. The predicted octanol–water partition coefficient (Wildman–Crippen LogP) is 2.01. The van der Waals surface area contributed by atoms with Gasteiger partial charge in [-0.15, -0.1) is 0 Å². The Hall–Kier alpha value is -1.88. The van der Waals surface area contributed by atoms with Gasteiger partial charge in [-0.25, -0.2) is 4.79 Å². The topological polar surface area (TPSA) is 58.6 Å². The summed E-state index contributed by atoms with van der Waals surface area (Å²) in [5.74, 6) is -0.399. The Balaban J connectivity index is 2.27. The molecule has 3 amide bonds. The number of nitrogens with zero attached hydrogens (tertiary/aromatic N) is 1. The van der Waals surface area contributed by atoms with Gasteiger partial charge in [0.05, 0.1) is 5.69 Å². The lowest BCUT2D eigenvalue weighted by atomic mass is 10.1. The molecule has 0 saturated carbocycles. The molecule has 0 bridgehead atoms. The molecule has 2 rings (SSSR count). The van der Waals surface area contributed by atoms with Crippen molar-refractivity contribution in [3.05, 3.63) is 29.8 Å². The molecule has 96 valence electrons. The minimum absolute atomic E-state index is 0.00888. The number of carbonyl (C=O) groups is 2. The van der Waals surface area contributed by atoms with E-state index in [2.05, 4.69) is 5.32 Å². The number of imide groups is 1.